The second kappa shape index (κ2) is 5.36. The van der Waals surface area contributed by atoms with Gasteiger partial charge in [0.2, 0.25) is 0 Å². The standard InChI is InChI=1S/C13H22N2O4/c1-8-3-6-10(19-8)7-14-12(18)15-13(2,11(16)17)9-4-5-9/h8-10H,3-7H2,1-2H3,(H,16,17)(H2,14,15,18). The molecule has 6 heteroatoms. The predicted octanol–water partition coefficient (Wildman–Crippen LogP) is 1.11. The third kappa shape index (κ3) is 3.37. The number of hydrogen-bond donors (Lipinski definition) is 3. The Balaban J connectivity index is 1.78. The predicted molar refractivity (Wildman–Crippen MR) is 68.9 cm³/mol. The van der Waals surface area contributed by atoms with Crippen LogP contribution in [-0.4, -0.2) is 41.4 Å². The Morgan fingerprint density at radius 2 is 2.00 bits per heavy atom. The molecule has 2 rings (SSSR count). The molecule has 2 fully saturated rings. The van der Waals surface area contributed by atoms with Gasteiger partial charge in [0.05, 0.1) is 12.2 Å². The van der Waals surface area contributed by atoms with Crippen LogP contribution < -0.4 is 10.6 Å². The molecule has 1 saturated heterocycles. The van der Waals surface area contributed by atoms with Crippen LogP contribution >= 0.6 is 0 Å². The van der Waals surface area contributed by atoms with E-state index in [1.54, 1.807) is 6.92 Å². The van der Waals surface area contributed by atoms with E-state index in [-0.39, 0.29) is 18.1 Å². The van der Waals surface area contributed by atoms with E-state index >= 15 is 0 Å². The number of rotatable bonds is 5. The maximum atomic E-state index is 11.8. The fourth-order valence-electron chi connectivity index (χ4n) is 2.51. The molecule has 1 aliphatic heterocycles. The fraction of sp³-hybridized carbons (Fsp3) is 0.846. The lowest BCUT2D eigenvalue weighted by atomic mass is 9.96. The average molecular weight is 270 g/mol. The molecule has 0 bridgehead atoms. The zero-order valence-electron chi connectivity index (χ0n) is 11.4. The van der Waals surface area contributed by atoms with Crippen molar-refractivity contribution in [2.45, 2.75) is 57.3 Å². The van der Waals surface area contributed by atoms with Gasteiger partial charge in [-0.1, -0.05) is 0 Å². The highest BCUT2D eigenvalue weighted by atomic mass is 16.5. The quantitative estimate of drug-likeness (QED) is 0.698. The van der Waals surface area contributed by atoms with E-state index < -0.39 is 17.5 Å². The molecule has 0 aromatic carbocycles. The smallest absolute Gasteiger partial charge is 0.329 e. The molecule has 0 aromatic rings. The maximum absolute atomic E-state index is 11.8. The van der Waals surface area contributed by atoms with Gasteiger partial charge in [0.25, 0.3) is 0 Å². The summed E-state index contributed by atoms with van der Waals surface area (Å²) in [5, 5.41) is 14.5. The summed E-state index contributed by atoms with van der Waals surface area (Å²) >= 11 is 0. The molecule has 2 aliphatic rings. The minimum Gasteiger partial charge on any atom is -0.480 e. The third-order valence-corrected chi connectivity index (χ3v) is 4.02. The van der Waals surface area contributed by atoms with Crippen LogP contribution in [0.4, 0.5) is 4.79 Å². The molecule has 2 amide bonds. The van der Waals surface area contributed by atoms with Gasteiger partial charge in [0.1, 0.15) is 5.54 Å². The highest BCUT2D eigenvalue weighted by molar-refractivity contribution is 5.86. The number of nitrogens with one attached hydrogen (secondary N) is 2. The number of aliphatic carboxylic acids is 1. The first-order valence-electron chi connectivity index (χ1n) is 6.86. The van der Waals surface area contributed by atoms with E-state index in [9.17, 15) is 14.7 Å². The summed E-state index contributed by atoms with van der Waals surface area (Å²) in [7, 11) is 0. The first-order chi connectivity index (χ1) is 8.91. The van der Waals surface area contributed by atoms with Crippen molar-refractivity contribution in [1.82, 2.24) is 10.6 Å². The van der Waals surface area contributed by atoms with E-state index in [2.05, 4.69) is 10.6 Å². The number of amides is 2. The number of ether oxygens (including phenoxy) is 1. The highest BCUT2D eigenvalue weighted by Gasteiger charge is 2.48. The Kier molecular flexibility index (Phi) is 3.99. The molecule has 1 aliphatic carbocycles. The molecule has 1 heterocycles. The number of carbonyl (C=O) groups is 2. The van der Waals surface area contributed by atoms with Crippen LogP contribution in [0.25, 0.3) is 0 Å². The van der Waals surface area contributed by atoms with Crippen molar-refractivity contribution in [3.05, 3.63) is 0 Å². The molecule has 0 aromatic heterocycles. The minimum atomic E-state index is -1.16. The van der Waals surface area contributed by atoms with Crippen molar-refractivity contribution in [2.75, 3.05) is 6.54 Å². The monoisotopic (exact) mass is 270 g/mol. The van der Waals surface area contributed by atoms with Crippen molar-refractivity contribution in [3.8, 4) is 0 Å². The molecule has 108 valence electrons. The lowest BCUT2D eigenvalue weighted by molar-refractivity contribution is -0.144. The van der Waals surface area contributed by atoms with Gasteiger partial charge in [-0.05, 0) is 45.4 Å². The fourth-order valence-corrected chi connectivity index (χ4v) is 2.51. The molecule has 1 saturated carbocycles. The Morgan fingerprint density at radius 3 is 2.47 bits per heavy atom. The summed E-state index contributed by atoms with van der Waals surface area (Å²) in [5.74, 6) is -0.936. The van der Waals surface area contributed by atoms with E-state index in [1.165, 1.54) is 0 Å². The van der Waals surface area contributed by atoms with Crippen LogP contribution in [-0.2, 0) is 9.53 Å². The van der Waals surface area contributed by atoms with Crippen molar-refractivity contribution in [2.24, 2.45) is 5.92 Å². The Hall–Kier alpha value is -1.30. The summed E-state index contributed by atoms with van der Waals surface area (Å²) in [4.78, 5) is 23.1. The third-order valence-electron chi connectivity index (χ3n) is 4.02. The van der Waals surface area contributed by atoms with Gasteiger partial charge < -0.3 is 20.5 Å². The Morgan fingerprint density at radius 1 is 1.32 bits per heavy atom. The Bertz CT molecular complexity index is 370. The minimum absolute atomic E-state index is 0.0396. The summed E-state index contributed by atoms with van der Waals surface area (Å²) in [5.41, 5.74) is -1.16. The zero-order chi connectivity index (χ0) is 14.0. The van der Waals surface area contributed by atoms with Gasteiger partial charge in [-0.3, -0.25) is 0 Å². The molecule has 3 unspecified atom stereocenters. The zero-order valence-corrected chi connectivity index (χ0v) is 11.4. The van der Waals surface area contributed by atoms with Crippen LogP contribution in [0.1, 0.15) is 39.5 Å². The second-order valence-corrected chi connectivity index (χ2v) is 5.76. The first kappa shape index (κ1) is 14.1. The van der Waals surface area contributed by atoms with Crippen LogP contribution in [0.5, 0.6) is 0 Å². The number of urea groups is 1. The normalized spacial score (nSPS) is 29.6. The highest BCUT2D eigenvalue weighted by Crippen LogP contribution is 2.39. The van der Waals surface area contributed by atoms with Gasteiger partial charge in [0.15, 0.2) is 0 Å². The van der Waals surface area contributed by atoms with Crippen molar-refractivity contribution in [3.63, 3.8) is 0 Å². The molecular weight excluding hydrogens is 248 g/mol. The van der Waals surface area contributed by atoms with Crippen LogP contribution in [0.3, 0.4) is 0 Å². The molecule has 3 atom stereocenters. The number of carboxylic acid groups (broad SMARTS) is 1. The first-order valence-corrected chi connectivity index (χ1v) is 6.86. The van der Waals surface area contributed by atoms with Gasteiger partial charge in [0, 0.05) is 6.54 Å². The van der Waals surface area contributed by atoms with Gasteiger partial charge in [-0.25, -0.2) is 9.59 Å². The SMILES string of the molecule is CC1CCC(CNC(=O)NC(C)(C(=O)O)C2CC2)O1. The molecule has 3 N–H and O–H groups in total. The van der Waals surface area contributed by atoms with Gasteiger partial charge >= 0.3 is 12.0 Å². The van der Waals surface area contributed by atoms with E-state index in [4.69, 9.17) is 4.74 Å². The maximum Gasteiger partial charge on any atom is 0.329 e. The van der Waals surface area contributed by atoms with E-state index in [1.807, 2.05) is 6.92 Å². The Labute approximate surface area is 112 Å². The average Bonchev–Trinajstić information content (AvgIpc) is 3.11. The lowest BCUT2D eigenvalue weighted by Crippen LogP contribution is -2.57. The van der Waals surface area contributed by atoms with Gasteiger partial charge in [-0.15, -0.1) is 0 Å². The van der Waals surface area contributed by atoms with Crippen molar-refractivity contribution >= 4 is 12.0 Å². The molecule has 0 radical (unpaired) electrons. The largest absolute Gasteiger partial charge is 0.480 e. The van der Waals surface area contributed by atoms with E-state index in [0.29, 0.717) is 6.54 Å². The summed E-state index contributed by atoms with van der Waals surface area (Å²) in [6.07, 6.45) is 3.92. The second-order valence-electron chi connectivity index (χ2n) is 5.76. The number of carbonyl (C=O) groups excluding carboxylic acids is 1. The van der Waals surface area contributed by atoms with Crippen LogP contribution in [0, 0.1) is 5.92 Å². The summed E-state index contributed by atoms with van der Waals surface area (Å²) < 4.78 is 5.59. The topological polar surface area (TPSA) is 87.7 Å². The lowest BCUT2D eigenvalue weighted by Gasteiger charge is -2.26. The van der Waals surface area contributed by atoms with Crippen LogP contribution in [0.2, 0.25) is 0 Å². The summed E-state index contributed by atoms with van der Waals surface area (Å²) in [6.45, 7) is 4.01. The molecular formula is C13H22N2O4. The van der Waals surface area contributed by atoms with E-state index in [0.717, 1.165) is 25.7 Å². The van der Waals surface area contributed by atoms with Crippen LogP contribution in [0.15, 0.2) is 0 Å². The molecule has 0 spiro atoms. The number of carboxylic acids is 1. The number of hydrogen-bond acceptors (Lipinski definition) is 3. The van der Waals surface area contributed by atoms with Gasteiger partial charge in [-0.2, -0.15) is 0 Å². The molecule has 6 nitrogen and oxygen atoms in total. The molecule has 19 heavy (non-hydrogen) atoms. The van der Waals surface area contributed by atoms with Crippen molar-refractivity contribution < 1.29 is 19.4 Å². The summed E-state index contributed by atoms with van der Waals surface area (Å²) in [6, 6.07) is -0.431. The van der Waals surface area contributed by atoms with Crippen molar-refractivity contribution in [1.29, 1.82) is 0 Å².